The van der Waals surface area contributed by atoms with E-state index >= 15 is 0 Å². The third-order valence-electron chi connectivity index (χ3n) is 3.42. The molecule has 0 aliphatic carbocycles. The van der Waals surface area contributed by atoms with E-state index in [1.165, 1.54) is 5.56 Å². The second kappa shape index (κ2) is 6.15. The van der Waals surface area contributed by atoms with Crippen molar-refractivity contribution in [1.29, 1.82) is 0 Å². The molecule has 2 heteroatoms. The van der Waals surface area contributed by atoms with E-state index in [0.717, 1.165) is 12.1 Å². The lowest BCUT2D eigenvalue weighted by Gasteiger charge is -2.23. The van der Waals surface area contributed by atoms with Crippen molar-refractivity contribution >= 4 is 0 Å². The highest BCUT2D eigenvalue weighted by Gasteiger charge is 2.16. The Morgan fingerprint density at radius 3 is 2.35 bits per heavy atom. The van der Waals surface area contributed by atoms with E-state index in [-0.39, 0.29) is 5.82 Å². The highest BCUT2D eigenvalue weighted by molar-refractivity contribution is 5.29. The van der Waals surface area contributed by atoms with Crippen LogP contribution in [0.1, 0.15) is 44.7 Å². The molecule has 0 saturated heterocycles. The Balaban J connectivity index is 2.71. The standard InChI is InChI=1S/C15H24FN/c1-10(2)17-9-12(4)13(5)15-7-6-14(16)8-11(15)3/h6-8,10,12-13,17H,9H2,1-5H3. The van der Waals surface area contributed by atoms with Crippen molar-refractivity contribution in [3.63, 3.8) is 0 Å². The Hall–Kier alpha value is -0.890. The van der Waals surface area contributed by atoms with Gasteiger partial charge in [-0.1, -0.05) is 33.8 Å². The lowest BCUT2D eigenvalue weighted by molar-refractivity contribution is 0.425. The van der Waals surface area contributed by atoms with Gasteiger partial charge in [-0.3, -0.25) is 0 Å². The molecule has 2 atom stereocenters. The van der Waals surface area contributed by atoms with Gasteiger partial charge in [-0.2, -0.15) is 0 Å². The van der Waals surface area contributed by atoms with Gasteiger partial charge in [0.2, 0.25) is 0 Å². The first-order valence-corrected chi connectivity index (χ1v) is 6.41. The Morgan fingerprint density at radius 1 is 1.18 bits per heavy atom. The molecule has 0 amide bonds. The Morgan fingerprint density at radius 2 is 1.82 bits per heavy atom. The molecule has 0 spiro atoms. The summed E-state index contributed by atoms with van der Waals surface area (Å²) in [5, 5.41) is 3.45. The van der Waals surface area contributed by atoms with Crippen molar-refractivity contribution in [1.82, 2.24) is 5.32 Å². The molecule has 17 heavy (non-hydrogen) atoms. The normalized spacial score (nSPS) is 15.0. The Labute approximate surface area is 104 Å². The molecule has 0 bridgehead atoms. The van der Waals surface area contributed by atoms with Gasteiger partial charge in [0.25, 0.3) is 0 Å². The summed E-state index contributed by atoms with van der Waals surface area (Å²) in [4.78, 5) is 0. The molecule has 0 saturated carbocycles. The SMILES string of the molecule is Cc1cc(F)ccc1C(C)C(C)CNC(C)C. The minimum atomic E-state index is -0.147. The largest absolute Gasteiger partial charge is 0.314 e. The van der Waals surface area contributed by atoms with Crippen molar-refractivity contribution in [3.8, 4) is 0 Å². The molecule has 0 fully saturated rings. The zero-order valence-corrected chi connectivity index (χ0v) is 11.5. The maximum absolute atomic E-state index is 13.1. The van der Waals surface area contributed by atoms with Gasteiger partial charge in [-0.05, 0) is 48.6 Å². The first kappa shape index (κ1) is 14.2. The average Bonchev–Trinajstić information content (AvgIpc) is 2.25. The van der Waals surface area contributed by atoms with E-state index < -0.39 is 0 Å². The molecule has 0 radical (unpaired) electrons. The second-order valence-electron chi connectivity index (χ2n) is 5.33. The van der Waals surface area contributed by atoms with Crippen LogP contribution in [0.15, 0.2) is 18.2 Å². The molecule has 1 rings (SSSR count). The zero-order chi connectivity index (χ0) is 13.0. The first-order valence-electron chi connectivity index (χ1n) is 6.41. The second-order valence-corrected chi connectivity index (χ2v) is 5.33. The van der Waals surface area contributed by atoms with Crippen LogP contribution in [0.2, 0.25) is 0 Å². The molecule has 0 heterocycles. The maximum Gasteiger partial charge on any atom is 0.123 e. The van der Waals surface area contributed by atoms with E-state index in [1.54, 1.807) is 12.1 Å². The molecular weight excluding hydrogens is 213 g/mol. The van der Waals surface area contributed by atoms with Crippen LogP contribution in [0.25, 0.3) is 0 Å². The van der Waals surface area contributed by atoms with Crippen molar-refractivity contribution in [2.45, 2.75) is 46.6 Å². The Bertz CT molecular complexity index is 360. The summed E-state index contributed by atoms with van der Waals surface area (Å²) in [6.45, 7) is 11.7. The lowest BCUT2D eigenvalue weighted by Crippen LogP contribution is -2.30. The van der Waals surface area contributed by atoms with Crippen LogP contribution in [0.3, 0.4) is 0 Å². The highest BCUT2D eigenvalue weighted by atomic mass is 19.1. The summed E-state index contributed by atoms with van der Waals surface area (Å²) in [6, 6.07) is 5.61. The maximum atomic E-state index is 13.1. The first-order chi connectivity index (χ1) is 7.91. The number of rotatable bonds is 5. The van der Waals surface area contributed by atoms with Crippen LogP contribution in [0, 0.1) is 18.7 Å². The van der Waals surface area contributed by atoms with Crippen molar-refractivity contribution in [3.05, 3.63) is 35.1 Å². The number of benzene rings is 1. The number of hydrogen-bond donors (Lipinski definition) is 1. The molecule has 0 aliphatic heterocycles. The van der Waals surface area contributed by atoms with E-state index in [4.69, 9.17) is 0 Å². The van der Waals surface area contributed by atoms with Gasteiger partial charge in [0, 0.05) is 6.04 Å². The molecule has 2 unspecified atom stereocenters. The third-order valence-corrected chi connectivity index (χ3v) is 3.42. The summed E-state index contributed by atoms with van der Waals surface area (Å²) in [7, 11) is 0. The average molecular weight is 237 g/mol. The summed E-state index contributed by atoms with van der Waals surface area (Å²) >= 11 is 0. The van der Waals surface area contributed by atoms with Gasteiger partial charge in [-0.15, -0.1) is 0 Å². The fraction of sp³-hybridized carbons (Fsp3) is 0.600. The molecule has 1 aromatic rings. The lowest BCUT2D eigenvalue weighted by atomic mass is 9.86. The van der Waals surface area contributed by atoms with Gasteiger partial charge in [0.15, 0.2) is 0 Å². The van der Waals surface area contributed by atoms with Crippen molar-refractivity contribution < 1.29 is 4.39 Å². The molecular formula is C15H24FN. The smallest absolute Gasteiger partial charge is 0.123 e. The summed E-state index contributed by atoms with van der Waals surface area (Å²) in [5.41, 5.74) is 2.30. The van der Waals surface area contributed by atoms with Gasteiger partial charge < -0.3 is 5.32 Å². The predicted molar refractivity (Wildman–Crippen MR) is 71.9 cm³/mol. The molecule has 0 aromatic heterocycles. The number of aryl methyl sites for hydroxylation is 1. The van der Waals surface area contributed by atoms with Crippen LogP contribution < -0.4 is 5.32 Å². The third kappa shape index (κ3) is 4.12. The van der Waals surface area contributed by atoms with Gasteiger partial charge in [-0.25, -0.2) is 4.39 Å². The van der Waals surface area contributed by atoms with E-state index in [1.807, 2.05) is 13.0 Å². The molecule has 96 valence electrons. The minimum Gasteiger partial charge on any atom is -0.314 e. The van der Waals surface area contributed by atoms with Gasteiger partial charge in [0.1, 0.15) is 5.82 Å². The molecule has 1 nitrogen and oxygen atoms in total. The summed E-state index contributed by atoms with van der Waals surface area (Å²) < 4.78 is 13.1. The molecule has 1 N–H and O–H groups in total. The quantitative estimate of drug-likeness (QED) is 0.819. The topological polar surface area (TPSA) is 12.0 Å². The van der Waals surface area contributed by atoms with Crippen molar-refractivity contribution in [2.75, 3.05) is 6.54 Å². The Kier molecular flexibility index (Phi) is 5.13. The summed E-state index contributed by atoms with van der Waals surface area (Å²) in [6.07, 6.45) is 0. The van der Waals surface area contributed by atoms with Gasteiger partial charge >= 0.3 is 0 Å². The van der Waals surface area contributed by atoms with E-state index in [0.29, 0.717) is 17.9 Å². The van der Waals surface area contributed by atoms with Crippen molar-refractivity contribution in [2.24, 2.45) is 5.92 Å². The zero-order valence-electron chi connectivity index (χ0n) is 11.5. The van der Waals surface area contributed by atoms with Crippen LogP contribution in [-0.2, 0) is 0 Å². The molecule has 0 aliphatic rings. The number of nitrogens with one attached hydrogen (secondary N) is 1. The van der Waals surface area contributed by atoms with Crippen LogP contribution in [-0.4, -0.2) is 12.6 Å². The number of halogens is 1. The van der Waals surface area contributed by atoms with Crippen LogP contribution >= 0.6 is 0 Å². The fourth-order valence-corrected chi connectivity index (χ4v) is 2.05. The monoisotopic (exact) mass is 237 g/mol. The predicted octanol–water partition coefficient (Wildman–Crippen LogP) is 3.87. The summed E-state index contributed by atoms with van der Waals surface area (Å²) in [5.74, 6) is 0.842. The minimum absolute atomic E-state index is 0.147. The number of hydrogen-bond acceptors (Lipinski definition) is 1. The van der Waals surface area contributed by atoms with Gasteiger partial charge in [0.05, 0.1) is 0 Å². The van der Waals surface area contributed by atoms with Crippen LogP contribution in [0.5, 0.6) is 0 Å². The van der Waals surface area contributed by atoms with Crippen LogP contribution in [0.4, 0.5) is 4.39 Å². The van der Waals surface area contributed by atoms with E-state index in [9.17, 15) is 4.39 Å². The fourth-order valence-electron chi connectivity index (χ4n) is 2.05. The highest BCUT2D eigenvalue weighted by Crippen LogP contribution is 2.26. The van der Waals surface area contributed by atoms with E-state index in [2.05, 4.69) is 33.0 Å². The molecule has 1 aromatic carbocycles.